The van der Waals surface area contributed by atoms with E-state index in [1.54, 1.807) is 18.2 Å². The lowest BCUT2D eigenvalue weighted by atomic mass is 10.1. The third-order valence-corrected chi connectivity index (χ3v) is 2.94. The van der Waals surface area contributed by atoms with Crippen LogP contribution in [0.5, 0.6) is 5.75 Å². The Hall–Kier alpha value is -3.06. The maximum atomic E-state index is 11.4. The maximum Gasteiger partial charge on any atom is 0.348 e. The van der Waals surface area contributed by atoms with Crippen LogP contribution in [0.3, 0.4) is 0 Å². The quantitative estimate of drug-likeness (QED) is 0.482. The highest BCUT2D eigenvalue weighted by Crippen LogP contribution is 2.17. The molecule has 0 radical (unpaired) electrons. The van der Waals surface area contributed by atoms with Gasteiger partial charge in [0.25, 0.3) is 0 Å². The van der Waals surface area contributed by atoms with Gasteiger partial charge in [-0.25, -0.2) is 4.79 Å². The van der Waals surface area contributed by atoms with Gasteiger partial charge in [-0.1, -0.05) is 42.5 Å². The number of rotatable bonds is 5. The van der Waals surface area contributed by atoms with Gasteiger partial charge in [-0.2, -0.15) is 5.26 Å². The zero-order valence-corrected chi connectivity index (χ0v) is 12.2. The average molecular weight is 293 g/mol. The molecule has 22 heavy (non-hydrogen) atoms. The number of benzene rings is 2. The molecule has 4 nitrogen and oxygen atoms in total. The molecule has 0 saturated heterocycles. The molecular formula is C18H15NO3. The van der Waals surface area contributed by atoms with Crippen LogP contribution in [0.4, 0.5) is 0 Å². The lowest BCUT2D eigenvalue weighted by Crippen LogP contribution is -2.02. The number of methoxy groups -OCH3 is 1. The number of ether oxygens (including phenoxy) is 2. The van der Waals surface area contributed by atoms with E-state index in [0.717, 1.165) is 5.56 Å². The summed E-state index contributed by atoms with van der Waals surface area (Å²) in [6, 6.07) is 18.8. The molecule has 0 spiro atoms. The van der Waals surface area contributed by atoms with Gasteiger partial charge in [0.2, 0.25) is 0 Å². The van der Waals surface area contributed by atoms with Crippen molar-refractivity contribution in [3.63, 3.8) is 0 Å². The molecule has 0 aliphatic rings. The third-order valence-electron chi connectivity index (χ3n) is 2.94. The predicted octanol–water partition coefficient (Wildman–Crippen LogP) is 3.35. The number of esters is 1. The van der Waals surface area contributed by atoms with E-state index in [9.17, 15) is 4.79 Å². The minimum atomic E-state index is -0.655. The molecule has 0 saturated carbocycles. The van der Waals surface area contributed by atoms with Gasteiger partial charge in [0.05, 0.1) is 7.11 Å². The first-order valence-electron chi connectivity index (χ1n) is 6.70. The topological polar surface area (TPSA) is 59.3 Å². The zero-order valence-electron chi connectivity index (χ0n) is 12.2. The first kappa shape index (κ1) is 15.3. The molecule has 0 atom stereocenters. The average Bonchev–Trinajstić information content (AvgIpc) is 2.58. The molecule has 0 unspecified atom stereocenters. The van der Waals surface area contributed by atoms with E-state index in [0.29, 0.717) is 17.9 Å². The Morgan fingerprint density at radius 1 is 1.18 bits per heavy atom. The van der Waals surface area contributed by atoms with Gasteiger partial charge in [0.1, 0.15) is 24.0 Å². The van der Waals surface area contributed by atoms with E-state index in [-0.39, 0.29) is 5.57 Å². The van der Waals surface area contributed by atoms with Gasteiger partial charge in [0.15, 0.2) is 0 Å². The lowest BCUT2D eigenvalue weighted by Gasteiger charge is -2.07. The Kier molecular flexibility index (Phi) is 5.33. The Morgan fingerprint density at radius 2 is 1.95 bits per heavy atom. The summed E-state index contributed by atoms with van der Waals surface area (Å²) in [4.78, 5) is 11.4. The molecule has 110 valence electrons. The van der Waals surface area contributed by atoms with Crippen molar-refractivity contribution >= 4 is 12.0 Å². The van der Waals surface area contributed by atoms with E-state index < -0.39 is 5.97 Å². The molecule has 2 aromatic rings. The van der Waals surface area contributed by atoms with E-state index in [1.807, 2.05) is 42.5 Å². The molecule has 0 amide bonds. The number of hydrogen-bond donors (Lipinski definition) is 0. The van der Waals surface area contributed by atoms with Crippen molar-refractivity contribution in [1.29, 1.82) is 5.26 Å². The van der Waals surface area contributed by atoms with Gasteiger partial charge in [-0.15, -0.1) is 0 Å². The number of nitrogens with zero attached hydrogens (tertiary/aromatic N) is 1. The van der Waals surface area contributed by atoms with E-state index >= 15 is 0 Å². The Balaban J connectivity index is 2.11. The fraction of sp³-hybridized carbons (Fsp3) is 0.111. The van der Waals surface area contributed by atoms with Crippen LogP contribution in [0, 0.1) is 11.3 Å². The highest BCUT2D eigenvalue weighted by Gasteiger charge is 2.08. The summed E-state index contributed by atoms with van der Waals surface area (Å²) < 4.78 is 10.3. The summed E-state index contributed by atoms with van der Waals surface area (Å²) in [5, 5.41) is 8.96. The highest BCUT2D eigenvalue weighted by molar-refractivity contribution is 5.97. The van der Waals surface area contributed by atoms with Crippen molar-refractivity contribution in [2.24, 2.45) is 0 Å². The molecule has 0 aromatic heterocycles. The van der Waals surface area contributed by atoms with Crippen LogP contribution in [0.2, 0.25) is 0 Å². The SMILES string of the molecule is COC(=O)C(C#N)=Cc1cccc(OCc2ccccc2)c1. The minimum absolute atomic E-state index is 0.0530. The summed E-state index contributed by atoms with van der Waals surface area (Å²) in [6.07, 6.45) is 1.47. The number of nitriles is 1. The molecule has 0 bridgehead atoms. The first-order chi connectivity index (χ1) is 10.7. The number of carbonyl (C=O) groups is 1. The van der Waals surface area contributed by atoms with Crippen LogP contribution in [-0.2, 0) is 16.1 Å². The van der Waals surface area contributed by atoms with Gasteiger partial charge in [-0.05, 0) is 29.3 Å². The second kappa shape index (κ2) is 7.65. The summed E-state index contributed by atoms with van der Waals surface area (Å²) in [5.74, 6) is 0.0119. The fourth-order valence-corrected chi connectivity index (χ4v) is 1.85. The molecule has 0 aliphatic heterocycles. The summed E-state index contributed by atoms with van der Waals surface area (Å²) in [7, 11) is 1.24. The normalized spacial score (nSPS) is 10.6. The maximum absolute atomic E-state index is 11.4. The van der Waals surface area contributed by atoms with Crippen molar-refractivity contribution in [1.82, 2.24) is 0 Å². The summed E-state index contributed by atoms with van der Waals surface area (Å²) >= 11 is 0. The third kappa shape index (κ3) is 4.22. The minimum Gasteiger partial charge on any atom is -0.489 e. The van der Waals surface area contributed by atoms with Gasteiger partial charge >= 0.3 is 5.97 Å². The molecular weight excluding hydrogens is 278 g/mol. The standard InChI is InChI=1S/C18H15NO3/c1-21-18(20)16(12-19)10-15-8-5-9-17(11-15)22-13-14-6-3-2-4-7-14/h2-11H,13H2,1H3. The van der Waals surface area contributed by atoms with Gasteiger partial charge < -0.3 is 9.47 Å². The van der Waals surface area contributed by atoms with E-state index in [4.69, 9.17) is 10.00 Å². The zero-order chi connectivity index (χ0) is 15.8. The largest absolute Gasteiger partial charge is 0.489 e. The Labute approximate surface area is 129 Å². The van der Waals surface area contributed by atoms with E-state index in [2.05, 4.69) is 4.74 Å². The smallest absolute Gasteiger partial charge is 0.348 e. The summed E-state index contributed by atoms with van der Waals surface area (Å²) in [5.41, 5.74) is 1.71. The van der Waals surface area contributed by atoms with Crippen molar-refractivity contribution in [3.05, 3.63) is 71.3 Å². The monoisotopic (exact) mass is 293 g/mol. The van der Waals surface area contributed by atoms with Crippen LogP contribution in [0.25, 0.3) is 6.08 Å². The molecule has 4 heteroatoms. The Bertz CT molecular complexity index is 715. The predicted molar refractivity (Wildman–Crippen MR) is 82.8 cm³/mol. The van der Waals surface area contributed by atoms with Crippen LogP contribution < -0.4 is 4.74 Å². The molecule has 0 heterocycles. The van der Waals surface area contributed by atoms with Crippen molar-refractivity contribution in [2.45, 2.75) is 6.61 Å². The van der Waals surface area contributed by atoms with E-state index in [1.165, 1.54) is 13.2 Å². The first-order valence-corrected chi connectivity index (χ1v) is 6.70. The van der Waals surface area contributed by atoms with Crippen molar-refractivity contribution in [2.75, 3.05) is 7.11 Å². The van der Waals surface area contributed by atoms with Crippen LogP contribution >= 0.6 is 0 Å². The second-order valence-electron chi connectivity index (χ2n) is 4.51. The van der Waals surface area contributed by atoms with Crippen LogP contribution in [-0.4, -0.2) is 13.1 Å². The number of hydrogen-bond acceptors (Lipinski definition) is 4. The molecule has 0 fully saturated rings. The van der Waals surface area contributed by atoms with Crippen LogP contribution in [0.15, 0.2) is 60.2 Å². The van der Waals surface area contributed by atoms with Crippen molar-refractivity contribution < 1.29 is 14.3 Å². The van der Waals surface area contributed by atoms with Crippen molar-refractivity contribution in [3.8, 4) is 11.8 Å². The number of carbonyl (C=O) groups excluding carboxylic acids is 1. The second-order valence-corrected chi connectivity index (χ2v) is 4.51. The van der Waals surface area contributed by atoms with Gasteiger partial charge in [-0.3, -0.25) is 0 Å². The molecule has 2 rings (SSSR count). The summed E-state index contributed by atoms with van der Waals surface area (Å²) in [6.45, 7) is 0.454. The Morgan fingerprint density at radius 3 is 2.64 bits per heavy atom. The molecule has 2 aromatic carbocycles. The highest BCUT2D eigenvalue weighted by atomic mass is 16.5. The molecule has 0 aliphatic carbocycles. The molecule has 0 N–H and O–H groups in total. The fourth-order valence-electron chi connectivity index (χ4n) is 1.85. The van der Waals surface area contributed by atoms with Gasteiger partial charge in [0, 0.05) is 0 Å². The van der Waals surface area contributed by atoms with Crippen LogP contribution in [0.1, 0.15) is 11.1 Å². The lowest BCUT2D eigenvalue weighted by molar-refractivity contribution is -0.135.